The number of carbonyl (C=O) groups is 2. The smallest absolute Gasteiger partial charge is 0.245 e. The maximum atomic E-state index is 13.0. The summed E-state index contributed by atoms with van der Waals surface area (Å²) < 4.78 is 26.0. The van der Waals surface area contributed by atoms with Crippen LogP contribution in [-0.4, -0.2) is 32.9 Å². The van der Waals surface area contributed by atoms with Crippen molar-refractivity contribution in [1.82, 2.24) is 0 Å². The van der Waals surface area contributed by atoms with Crippen molar-refractivity contribution in [3.05, 3.63) is 94.5 Å². The molecule has 6 nitrogen and oxygen atoms in total. The first-order valence-corrected chi connectivity index (χ1v) is 13.2. The average Bonchev–Trinajstić information content (AvgIpc) is 2.78. The van der Waals surface area contributed by atoms with Gasteiger partial charge in [0.25, 0.3) is 0 Å². The van der Waals surface area contributed by atoms with E-state index in [1.165, 1.54) is 0 Å². The molecule has 0 unspecified atom stereocenters. The molecule has 0 atom stereocenters. The molecule has 0 radical (unpaired) electrons. The molecule has 0 aliphatic heterocycles. The number of aryl methyl sites for hydroxylation is 1. The molecule has 0 spiro atoms. The molecule has 1 amide bonds. The van der Waals surface area contributed by atoms with Gasteiger partial charge in [0, 0.05) is 16.8 Å². The highest BCUT2D eigenvalue weighted by Gasteiger charge is 2.23. The Balaban J connectivity index is 1.79. The minimum atomic E-state index is -3.70. The van der Waals surface area contributed by atoms with Crippen molar-refractivity contribution >= 4 is 33.1 Å². The summed E-state index contributed by atoms with van der Waals surface area (Å²) in [6.07, 6.45) is 1.08. The lowest BCUT2D eigenvalue weighted by Crippen LogP contribution is -2.38. The van der Waals surface area contributed by atoms with Crippen LogP contribution in [-0.2, 0) is 20.2 Å². The van der Waals surface area contributed by atoms with Crippen LogP contribution in [0.15, 0.2) is 66.7 Å². The Morgan fingerprint density at radius 3 is 2.11 bits per heavy atom. The second-order valence-electron chi connectivity index (χ2n) is 9.77. The first-order chi connectivity index (χ1) is 16.3. The molecular formula is C28H32N2O4S. The van der Waals surface area contributed by atoms with Gasteiger partial charge >= 0.3 is 0 Å². The molecule has 0 saturated carbocycles. The largest absolute Gasteiger partial charge is 0.324 e. The third-order valence-electron chi connectivity index (χ3n) is 5.95. The molecule has 35 heavy (non-hydrogen) atoms. The van der Waals surface area contributed by atoms with E-state index in [4.69, 9.17) is 0 Å². The van der Waals surface area contributed by atoms with E-state index >= 15 is 0 Å². The minimum absolute atomic E-state index is 0.0113. The molecule has 0 aliphatic carbocycles. The van der Waals surface area contributed by atoms with E-state index in [0.29, 0.717) is 22.5 Å². The fourth-order valence-corrected chi connectivity index (χ4v) is 4.65. The second kappa shape index (κ2) is 10.0. The Morgan fingerprint density at radius 2 is 1.51 bits per heavy atom. The molecular weight excluding hydrogens is 460 g/mol. The number of carbonyl (C=O) groups excluding carboxylic acids is 2. The Hall–Kier alpha value is -3.45. The number of anilines is 2. The maximum absolute atomic E-state index is 13.0. The van der Waals surface area contributed by atoms with Gasteiger partial charge in [0.2, 0.25) is 15.9 Å². The van der Waals surface area contributed by atoms with E-state index < -0.39 is 15.9 Å². The van der Waals surface area contributed by atoms with Gasteiger partial charge < -0.3 is 5.32 Å². The number of hydrogen-bond donors (Lipinski definition) is 1. The van der Waals surface area contributed by atoms with Crippen LogP contribution in [0.2, 0.25) is 0 Å². The van der Waals surface area contributed by atoms with E-state index in [2.05, 4.69) is 26.1 Å². The molecule has 3 aromatic rings. The van der Waals surface area contributed by atoms with Gasteiger partial charge in [0.1, 0.15) is 6.54 Å². The van der Waals surface area contributed by atoms with Gasteiger partial charge in [-0.2, -0.15) is 0 Å². The van der Waals surface area contributed by atoms with Crippen molar-refractivity contribution in [1.29, 1.82) is 0 Å². The van der Waals surface area contributed by atoms with E-state index in [1.54, 1.807) is 36.4 Å². The number of sulfonamides is 1. The molecule has 3 aromatic carbocycles. The number of nitrogens with one attached hydrogen (secondary N) is 1. The highest BCUT2D eigenvalue weighted by molar-refractivity contribution is 7.92. The first-order valence-electron chi connectivity index (χ1n) is 11.4. The van der Waals surface area contributed by atoms with Crippen LogP contribution in [0.5, 0.6) is 0 Å². The van der Waals surface area contributed by atoms with Gasteiger partial charge in [-0.15, -0.1) is 0 Å². The van der Waals surface area contributed by atoms with Crippen molar-refractivity contribution in [2.24, 2.45) is 0 Å². The second-order valence-corrected chi connectivity index (χ2v) is 11.7. The number of amides is 1. The molecule has 0 aliphatic rings. The van der Waals surface area contributed by atoms with Gasteiger partial charge in [0.05, 0.1) is 11.9 Å². The summed E-state index contributed by atoms with van der Waals surface area (Å²) >= 11 is 0. The van der Waals surface area contributed by atoms with Crippen LogP contribution in [0.4, 0.5) is 11.4 Å². The van der Waals surface area contributed by atoms with Crippen molar-refractivity contribution in [3.8, 4) is 0 Å². The number of benzene rings is 3. The number of rotatable bonds is 7. The molecule has 0 aromatic heterocycles. The van der Waals surface area contributed by atoms with Crippen LogP contribution < -0.4 is 9.62 Å². The van der Waals surface area contributed by atoms with Crippen LogP contribution in [0.1, 0.15) is 53.4 Å². The summed E-state index contributed by atoms with van der Waals surface area (Å²) in [5.74, 6) is -0.662. The highest BCUT2D eigenvalue weighted by Crippen LogP contribution is 2.26. The van der Waals surface area contributed by atoms with Crippen LogP contribution >= 0.6 is 0 Å². The molecule has 0 heterocycles. The predicted octanol–water partition coefficient (Wildman–Crippen LogP) is 5.24. The molecule has 1 N–H and O–H groups in total. The summed E-state index contributed by atoms with van der Waals surface area (Å²) in [6.45, 7) is 9.67. The SMILES string of the molecule is Cc1cccc(N(CC(=O)Nc2cccc(C(=O)c3ccc(C(C)(C)C)cc3)c2)S(C)(=O)=O)c1C. The topological polar surface area (TPSA) is 83.6 Å². The van der Waals surface area contributed by atoms with Gasteiger partial charge in [-0.3, -0.25) is 13.9 Å². The van der Waals surface area contributed by atoms with Crippen LogP contribution in [0, 0.1) is 13.8 Å². The molecule has 184 valence electrons. The highest BCUT2D eigenvalue weighted by atomic mass is 32.2. The molecule has 3 rings (SSSR count). The zero-order valence-electron chi connectivity index (χ0n) is 21.0. The normalized spacial score (nSPS) is 11.7. The third kappa shape index (κ3) is 6.36. The van der Waals surface area contributed by atoms with Gasteiger partial charge in [-0.25, -0.2) is 8.42 Å². The van der Waals surface area contributed by atoms with E-state index in [9.17, 15) is 18.0 Å². The van der Waals surface area contributed by atoms with E-state index in [0.717, 1.165) is 27.3 Å². The molecule has 0 bridgehead atoms. The number of hydrogen-bond acceptors (Lipinski definition) is 4. The standard InChI is InChI=1S/C28H32N2O4S/c1-19-9-7-12-25(20(19)2)30(35(6,33)34)18-26(31)29-24-11-8-10-22(17-24)27(32)21-13-15-23(16-14-21)28(3,4)5/h7-17H,18H2,1-6H3,(H,29,31). The zero-order chi connectivity index (χ0) is 26.0. The third-order valence-corrected chi connectivity index (χ3v) is 7.08. The zero-order valence-corrected chi connectivity index (χ0v) is 21.9. The van der Waals surface area contributed by atoms with Crippen molar-refractivity contribution < 1.29 is 18.0 Å². The molecule has 7 heteroatoms. The quantitative estimate of drug-likeness (QED) is 0.458. The van der Waals surface area contributed by atoms with Crippen molar-refractivity contribution in [3.63, 3.8) is 0 Å². The minimum Gasteiger partial charge on any atom is -0.324 e. The monoisotopic (exact) mass is 492 g/mol. The van der Waals surface area contributed by atoms with Gasteiger partial charge in [0.15, 0.2) is 5.78 Å². The van der Waals surface area contributed by atoms with Crippen molar-refractivity contribution in [2.75, 3.05) is 22.4 Å². The van der Waals surface area contributed by atoms with Gasteiger partial charge in [-0.1, -0.05) is 69.3 Å². The Labute approximate surface area is 208 Å². The Bertz CT molecular complexity index is 1350. The van der Waals surface area contributed by atoms with Crippen LogP contribution in [0.3, 0.4) is 0 Å². The number of ketones is 1. The van der Waals surface area contributed by atoms with Crippen LogP contribution in [0.25, 0.3) is 0 Å². The average molecular weight is 493 g/mol. The fraction of sp³-hybridized carbons (Fsp3) is 0.286. The number of nitrogens with zero attached hydrogens (tertiary/aromatic N) is 1. The lowest BCUT2D eigenvalue weighted by atomic mass is 9.86. The summed E-state index contributed by atoms with van der Waals surface area (Å²) in [5, 5.41) is 2.73. The Morgan fingerprint density at radius 1 is 0.886 bits per heavy atom. The molecule has 0 saturated heterocycles. The van der Waals surface area contributed by atoms with Crippen molar-refractivity contribution in [2.45, 2.75) is 40.0 Å². The lowest BCUT2D eigenvalue weighted by Gasteiger charge is -2.24. The fourth-order valence-electron chi connectivity index (χ4n) is 3.74. The summed E-state index contributed by atoms with van der Waals surface area (Å²) in [5.41, 5.74) is 4.71. The van der Waals surface area contributed by atoms with E-state index in [-0.39, 0.29) is 17.7 Å². The summed E-state index contributed by atoms with van der Waals surface area (Å²) in [6, 6.07) is 19.5. The Kier molecular flexibility index (Phi) is 7.50. The molecule has 0 fully saturated rings. The lowest BCUT2D eigenvalue weighted by molar-refractivity contribution is -0.114. The maximum Gasteiger partial charge on any atom is 0.245 e. The first kappa shape index (κ1) is 26.2. The summed E-state index contributed by atoms with van der Waals surface area (Å²) in [4.78, 5) is 25.8. The summed E-state index contributed by atoms with van der Waals surface area (Å²) in [7, 11) is -3.70. The van der Waals surface area contributed by atoms with Gasteiger partial charge in [-0.05, 0) is 54.2 Å². The van der Waals surface area contributed by atoms with E-state index in [1.807, 2.05) is 44.2 Å². The predicted molar refractivity (Wildman–Crippen MR) is 142 cm³/mol.